The SMILES string of the molecule is COC(CN)C(=O)NCCNC(N)=O. The molecule has 0 aliphatic rings. The van der Waals surface area contributed by atoms with Crippen molar-refractivity contribution in [1.29, 1.82) is 0 Å². The first kappa shape index (κ1) is 12.7. The highest BCUT2D eigenvalue weighted by Gasteiger charge is 2.14. The number of methoxy groups -OCH3 is 1. The van der Waals surface area contributed by atoms with Crippen LogP contribution in [0.25, 0.3) is 0 Å². The van der Waals surface area contributed by atoms with E-state index in [0.717, 1.165) is 0 Å². The van der Waals surface area contributed by atoms with E-state index >= 15 is 0 Å². The third-order valence-corrected chi connectivity index (χ3v) is 1.51. The molecule has 7 heteroatoms. The highest BCUT2D eigenvalue weighted by atomic mass is 16.5. The first-order chi connectivity index (χ1) is 6.61. The summed E-state index contributed by atoms with van der Waals surface area (Å²) in [7, 11) is 1.40. The molecular weight excluding hydrogens is 188 g/mol. The maximum absolute atomic E-state index is 11.2. The zero-order valence-corrected chi connectivity index (χ0v) is 8.08. The third-order valence-electron chi connectivity index (χ3n) is 1.51. The summed E-state index contributed by atoms with van der Waals surface area (Å²) >= 11 is 0. The Labute approximate surface area is 82.1 Å². The second-order valence-corrected chi connectivity index (χ2v) is 2.54. The zero-order valence-electron chi connectivity index (χ0n) is 8.08. The number of amides is 3. The van der Waals surface area contributed by atoms with Gasteiger partial charge in [-0.1, -0.05) is 0 Å². The smallest absolute Gasteiger partial charge is 0.312 e. The fourth-order valence-electron chi connectivity index (χ4n) is 0.796. The van der Waals surface area contributed by atoms with Crippen LogP contribution in [-0.2, 0) is 9.53 Å². The quantitative estimate of drug-likeness (QED) is 0.365. The predicted molar refractivity (Wildman–Crippen MR) is 50.4 cm³/mol. The van der Waals surface area contributed by atoms with Crippen molar-refractivity contribution in [2.75, 3.05) is 26.7 Å². The highest BCUT2D eigenvalue weighted by molar-refractivity contribution is 5.81. The molecule has 0 aliphatic carbocycles. The molecule has 6 N–H and O–H groups in total. The van der Waals surface area contributed by atoms with Gasteiger partial charge in [0.05, 0.1) is 0 Å². The molecule has 0 spiro atoms. The predicted octanol–water partition coefficient (Wildman–Crippen LogP) is -2.26. The van der Waals surface area contributed by atoms with Gasteiger partial charge in [-0.15, -0.1) is 0 Å². The Morgan fingerprint density at radius 2 is 1.93 bits per heavy atom. The number of rotatable bonds is 6. The van der Waals surface area contributed by atoms with Crippen molar-refractivity contribution in [3.63, 3.8) is 0 Å². The Morgan fingerprint density at radius 3 is 2.36 bits per heavy atom. The van der Waals surface area contributed by atoms with Crippen molar-refractivity contribution in [3.05, 3.63) is 0 Å². The molecule has 3 amide bonds. The molecule has 0 heterocycles. The molecule has 0 radical (unpaired) electrons. The van der Waals surface area contributed by atoms with Crippen LogP contribution < -0.4 is 22.1 Å². The van der Waals surface area contributed by atoms with Crippen LogP contribution in [0.2, 0.25) is 0 Å². The summed E-state index contributed by atoms with van der Waals surface area (Å²) < 4.78 is 4.79. The van der Waals surface area contributed by atoms with E-state index in [4.69, 9.17) is 16.2 Å². The van der Waals surface area contributed by atoms with Gasteiger partial charge in [-0.2, -0.15) is 0 Å². The van der Waals surface area contributed by atoms with Gasteiger partial charge in [0, 0.05) is 26.7 Å². The van der Waals surface area contributed by atoms with E-state index in [-0.39, 0.29) is 19.0 Å². The minimum Gasteiger partial charge on any atom is -0.370 e. The van der Waals surface area contributed by atoms with Crippen LogP contribution in [0.15, 0.2) is 0 Å². The van der Waals surface area contributed by atoms with Crippen molar-refractivity contribution in [2.24, 2.45) is 11.5 Å². The van der Waals surface area contributed by atoms with Crippen LogP contribution in [-0.4, -0.2) is 44.8 Å². The number of urea groups is 1. The maximum Gasteiger partial charge on any atom is 0.312 e. The van der Waals surface area contributed by atoms with Crippen LogP contribution in [0.1, 0.15) is 0 Å². The molecule has 0 rings (SSSR count). The van der Waals surface area contributed by atoms with Crippen molar-refractivity contribution in [1.82, 2.24) is 10.6 Å². The number of hydrogen-bond acceptors (Lipinski definition) is 4. The van der Waals surface area contributed by atoms with Crippen LogP contribution in [0.4, 0.5) is 4.79 Å². The summed E-state index contributed by atoms with van der Waals surface area (Å²) in [5.74, 6) is -0.304. The Balaban J connectivity index is 3.57. The number of carbonyl (C=O) groups excluding carboxylic acids is 2. The molecule has 14 heavy (non-hydrogen) atoms. The fourth-order valence-corrected chi connectivity index (χ4v) is 0.796. The molecular formula is C7H16N4O3. The number of nitrogens with two attached hydrogens (primary N) is 2. The first-order valence-corrected chi connectivity index (χ1v) is 4.15. The molecule has 1 atom stereocenters. The molecule has 0 bridgehead atoms. The van der Waals surface area contributed by atoms with Crippen molar-refractivity contribution in [2.45, 2.75) is 6.10 Å². The fraction of sp³-hybridized carbons (Fsp3) is 0.714. The van der Waals surface area contributed by atoms with Gasteiger partial charge in [0.2, 0.25) is 0 Å². The molecule has 0 fully saturated rings. The van der Waals surface area contributed by atoms with Gasteiger partial charge in [-0.25, -0.2) is 4.79 Å². The molecule has 82 valence electrons. The lowest BCUT2D eigenvalue weighted by molar-refractivity contribution is -0.130. The zero-order chi connectivity index (χ0) is 11.0. The van der Waals surface area contributed by atoms with E-state index in [9.17, 15) is 9.59 Å². The normalized spacial score (nSPS) is 11.9. The molecule has 0 saturated carbocycles. The van der Waals surface area contributed by atoms with Gasteiger partial charge in [0.15, 0.2) is 0 Å². The topological polar surface area (TPSA) is 119 Å². The van der Waals surface area contributed by atoms with Gasteiger partial charge in [-0.3, -0.25) is 4.79 Å². The minimum atomic E-state index is -0.649. The monoisotopic (exact) mass is 204 g/mol. The summed E-state index contributed by atoms with van der Waals surface area (Å²) in [6, 6.07) is -0.624. The van der Waals surface area contributed by atoms with Gasteiger partial charge in [0.1, 0.15) is 6.10 Å². The minimum absolute atomic E-state index is 0.117. The Kier molecular flexibility index (Phi) is 6.42. The van der Waals surface area contributed by atoms with E-state index in [1.807, 2.05) is 0 Å². The first-order valence-electron chi connectivity index (χ1n) is 4.15. The van der Waals surface area contributed by atoms with E-state index in [1.165, 1.54) is 7.11 Å². The van der Waals surface area contributed by atoms with Crippen molar-refractivity contribution in [3.8, 4) is 0 Å². The lowest BCUT2D eigenvalue weighted by Crippen LogP contribution is -2.44. The average Bonchev–Trinajstić information content (AvgIpc) is 2.14. The summed E-state index contributed by atoms with van der Waals surface area (Å²) in [5, 5.41) is 4.85. The van der Waals surface area contributed by atoms with E-state index in [1.54, 1.807) is 0 Å². The average molecular weight is 204 g/mol. The van der Waals surface area contributed by atoms with Gasteiger partial charge >= 0.3 is 6.03 Å². The molecule has 7 nitrogen and oxygen atoms in total. The third kappa shape index (κ3) is 5.33. The lowest BCUT2D eigenvalue weighted by Gasteiger charge is -2.12. The van der Waals surface area contributed by atoms with Gasteiger partial charge in [0.25, 0.3) is 5.91 Å². The van der Waals surface area contributed by atoms with Crippen LogP contribution >= 0.6 is 0 Å². The van der Waals surface area contributed by atoms with E-state index in [2.05, 4.69) is 10.6 Å². The highest BCUT2D eigenvalue weighted by Crippen LogP contribution is 1.85. The summed E-state index contributed by atoms with van der Waals surface area (Å²) in [4.78, 5) is 21.4. The van der Waals surface area contributed by atoms with E-state index in [0.29, 0.717) is 6.54 Å². The summed E-state index contributed by atoms with van der Waals surface area (Å²) in [5.41, 5.74) is 10.1. The number of ether oxygens (including phenoxy) is 1. The summed E-state index contributed by atoms with van der Waals surface area (Å²) in [6.45, 7) is 0.690. The molecule has 0 aromatic rings. The largest absolute Gasteiger partial charge is 0.370 e. The maximum atomic E-state index is 11.2. The van der Waals surface area contributed by atoms with Crippen molar-refractivity contribution >= 4 is 11.9 Å². The number of nitrogens with one attached hydrogen (secondary N) is 2. The van der Waals surface area contributed by atoms with Gasteiger partial charge in [-0.05, 0) is 0 Å². The number of carbonyl (C=O) groups is 2. The standard InChI is InChI=1S/C7H16N4O3/c1-14-5(4-8)6(12)10-2-3-11-7(9)13/h5H,2-4,8H2,1H3,(H,10,12)(H3,9,11,13). The lowest BCUT2D eigenvalue weighted by atomic mass is 10.3. The van der Waals surface area contributed by atoms with Crippen LogP contribution in [0.3, 0.4) is 0 Å². The molecule has 1 unspecified atom stereocenters. The number of primary amides is 1. The molecule has 0 saturated heterocycles. The van der Waals surface area contributed by atoms with Gasteiger partial charge < -0.3 is 26.8 Å². The summed E-state index contributed by atoms with van der Waals surface area (Å²) in [6.07, 6.45) is -0.649. The van der Waals surface area contributed by atoms with Crippen LogP contribution in [0.5, 0.6) is 0 Å². The van der Waals surface area contributed by atoms with Crippen molar-refractivity contribution < 1.29 is 14.3 Å². The Hall–Kier alpha value is -1.34. The second kappa shape index (κ2) is 7.10. The molecule has 0 aromatic carbocycles. The Morgan fingerprint density at radius 1 is 1.36 bits per heavy atom. The van der Waals surface area contributed by atoms with E-state index < -0.39 is 12.1 Å². The molecule has 0 aromatic heterocycles. The molecule has 0 aliphatic heterocycles. The number of hydrogen-bond donors (Lipinski definition) is 4. The second-order valence-electron chi connectivity index (χ2n) is 2.54. The Bertz CT molecular complexity index is 193. The van der Waals surface area contributed by atoms with Crippen LogP contribution in [0, 0.1) is 0 Å².